The fourth-order valence-corrected chi connectivity index (χ4v) is 2.69. The second-order valence-corrected chi connectivity index (χ2v) is 6.87. The van der Waals surface area contributed by atoms with Crippen LogP contribution in [0.1, 0.15) is 32.3 Å². The molecule has 2 rings (SSSR count). The van der Waals surface area contributed by atoms with E-state index in [1.165, 1.54) is 17.4 Å². The molecule has 132 valence electrons. The van der Waals surface area contributed by atoms with Crippen molar-refractivity contribution < 1.29 is 9.59 Å². The second-order valence-electron chi connectivity index (χ2n) is 6.02. The Hall–Kier alpha value is -2.04. The summed E-state index contributed by atoms with van der Waals surface area (Å²) in [5.41, 5.74) is 2.25. The van der Waals surface area contributed by atoms with Crippen LogP contribution in [0.3, 0.4) is 0 Å². The van der Waals surface area contributed by atoms with E-state index < -0.39 is 0 Å². The zero-order valence-electron chi connectivity index (χ0n) is 14.3. The fourth-order valence-electron chi connectivity index (χ4n) is 2.35. The molecule has 2 aromatic rings. The van der Waals surface area contributed by atoms with Gasteiger partial charge in [0.25, 0.3) is 0 Å². The van der Waals surface area contributed by atoms with Crippen LogP contribution in [0.15, 0.2) is 42.5 Å². The second kappa shape index (κ2) is 8.37. The van der Waals surface area contributed by atoms with E-state index in [-0.39, 0.29) is 18.4 Å². The Balaban J connectivity index is 2.14. The topological polar surface area (TPSA) is 49.4 Å². The molecule has 0 atom stereocenters. The van der Waals surface area contributed by atoms with Gasteiger partial charge in [-0.05, 0) is 41.8 Å². The van der Waals surface area contributed by atoms with E-state index in [4.69, 9.17) is 23.2 Å². The molecule has 0 fully saturated rings. The number of hydrogen-bond donors (Lipinski definition) is 1. The summed E-state index contributed by atoms with van der Waals surface area (Å²) < 4.78 is 0. The van der Waals surface area contributed by atoms with Crippen molar-refractivity contribution >= 4 is 46.4 Å². The normalized spacial score (nSPS) is 10.6. The zero-order valence-corrected chi connectivity index (χ0v) is 15.9. The van der Waals surface area contributed by atoms with Crippen LogP contribution in [0.2, 0.25) is 10.0 Å². The number of halogens is 2. The lowest BCUT2D eigenvalue weighted by Crippen LogP contribution is -2.36. The molecule has 0 radical (unpaired) electrons. The average Bonchev–Trinajstić information content (AvgIpc) is 2.56. The predicted molar refractivity (Wildman–Crippen MR) is 104 cm³/mol. The van der Waals surface area contributed by atoms with Crippen LogP contribution in [0.4, 0.5) is 11.4 Å². The van der Waals surface area contributed by atoms with Gasteiger partial charge < -0.3 is 10.2 Å². The van der Waals surface area contributed by atoms with Crippen molar-refractivity contribution in [2.24, 2.45) is 0 Å². The maximum absolute atomic E-state index is 12.3. The molecule has 0 aliphatic carbocycles. The highest BCUT2D eigenvalue weighted by atomic mass is 35.5. The molecule has 0 aliphatic heterocycles. The summed E-state index contributed by atoms with van der Waals surface area (Å²) in [5.74, 6) is -0.176. The molecule has 0 unspecified atom stereocenters. The molecule has 1 N–H and O–H groups in total. The Morgan fingerprint density at radius 1 is 1.08 bits per heavy atom. The van der Waals surface area contributed by atoms with E-state index in [0.29, 0.717) is 27.3 Å². The van der Waals surface area contributed by atoms with Crippen LogP contribution in [0.5, 0.6) is 0 Å². The molecule has 0 aromatic heterocycles. The largest absolute Gasteiger partial charge is 0.323 e. The number of rotatable bonds is 5. The SMILES string of the molecule is CC(=O)N(CC(=O)Nc1cc(Cl)ccc1Cl)c1ccc(C(C)C)cc1. The summed E-state index contributed by atoms with van der Waals surface area (Å²) in [6.45, 7) is 5.51. The number of amides is 2. The van der Waals surface area contributed by atoms with Gasteiger partial charge in [-0.3, -0.25) is 9.59 Å². The van der Waals surface area contributed by atoms with E-state index in [9.17, 15) is 9.59 Å². The molecule has 0 aliphatic rings. The highest BCUT2D eigenvalue weighted by molar-refractivity contribution is 6.35. The van der Waals surface area contributed by atoms with E-state index in [1.807, 2.05) is 24.3 Å². The van der Waals surface area contributed by atoms with Crippen LogP contribution in [-0.4, -0.2) is 18.4 Å². The first kappa shape index (κ1) is 19.3. The Labute approximate surface area is 157 Å². The van der Waals surface area contributed by atoms with Gasteiger partial charge in [0, 0.05) is 17.6 Å². The van der Waals surface area contributed by atoms with Crippen molar-refractivity contribution in [2.75, 3.05) is 16.8 Å². The number of carbonyl (C=O) groups excluding carboxylic acids is 2. The molecule has 0 saturated heterocycles. The third kappa shape index (κ3) is 5.21. The number of hydrogen-bond acceptors (Lipinski definition) is 2. The number of nitrogens with zero attached hydrogens (tertiary/aromatic N) is 1. The first-order valence-electron chi connectivity index (χ1n) is 7.91. The van der Waals surface area contributed by atoms with Crippen molar-refractivity contribution in [3.63, 3.8) is 0 Å². The monoisotopic (exact) mass is 378 g/mol. The lowest BCUT2D eigenvalue weighted by atomic mass is 10.0. The quantitative estimate of drug-likeness (QED) is 0.785. The van der Waals surface area contributed by atoms with Gasteiger partial charge in [-0.15, -0.1) is 0 Å². The Morgan fingerprint density at radius 2 is 1.72 bits per heavy atom. The van der Waals surface area contributed by atoms with Crippen molar-refractivity contribution in [2.45, 2.75) is 26.7 Å². The highest BCUT2D eigenvalue weighted by Crippen LogP contribution is 2.26. The molecule has 6 heteroatoms. The summed E-state index contributed by atoms with van der Waals surface area (Å²) in [6, 6.07) is 12.4. The molecule has 0 saturated carbocycles. The summed E-state index contributed by atoms with van der Waals surface area (Å²) in [4.78, 5) is 25.7. The lowest BCUT2D eigenvalue weighted by molar-refractivity contribution is -0.120. The minimum atomic E-state index is -0.354. The first-order valence-corrected chi connectivity index (χ1v) is 8.66. The number of anilines is 2. The van der Waals surface area contributed by atoms with Crippen LogP contribution in [0, 0.1) is 0 Å². The number of nitrogens with one attached hydrogen (secondary N) is 1. The lowest BCUT2D eigenvalue weighted by Gasteiger charge is -2.21. The molecular weight excluding hydrogens is 359 g/mol. The summed E-state index contributed by atoms with van der Waals surface area (Å²) in [6.07, 6.45) is 0. The fraction of sp³-hybridized carbons (Fsp3) is 0.263. The summed E-state index contributed by atoms with van der Waals surface area (Å²) in [5, 5.41) is 3.53. The van der Waals surface area contributed by atoms with E-state index in [1.54, 1.807) is 18.2 Å². The van der Waals surface area contributed by atoms with Gasteiger partial charge >= 0.3 is 0 Å². The standard InChI is InChI=1S/C19H20Cl2N2O2/c1-12(2)14-4-7-16(8-5-14)23(13(3)24)11-19(25)22-18-10-15(20)6-9-17(18)21/h4-10,12H,11H2,1-3H3,(H,22,25). The minimum Gasteiger partial charge on any atom is -0.323 e. The van der Waals surface area contributed by atoms with Crippen molar-refractivity contribution in [3.05, 3.63) is 58.1 Å². The Kier molecular flexibility index (Phi) is 6.45. The van der Waals surface area contributed by atoms with Gasteiger partial charge in [0.15, 0.2) is 0 Å². The molecule has 0 bridgehead atoms. The summed E-state index contributed by atoms with van der Waals surface area (Å²) in [7, 11) is 0. The van der Waals surface area contributed by atoms with Crippen molar-refractivity contribution in [1.82, 2.24) is 0 Å². The Bertz CT molecular complexity index is 773. The predicted octanol–water partition coefficient (Wildman–Crippen LogP) is 5.11. The van der Waals surface area contributed by atoms with Crippen LogP contribution >= 0.6 is 23.2 Å². The van der Waals surface area contributed by atoms with Gasteiger partial charge in [-0.2, -0.15) is 0 Å². The number of benzene rings is 2. The van der Waals surface area contributed by atoms with E-state index in [2.05, 4.69) is 19.2 Å². The van der Waals surface area contributed by atoms with Crippen molar-refractivity contribution in [3.8, 4) is 0 Å². The smallest absolute Gasteiger partial charge is 0.244 e. The van der Waals surface area contributed by atoms with Crippen LogP contribution < -0.4 is 10.2 Å². The maximum atomic E-state index is 12.3. The molecule has 2 amide bonds. The average molecular weight is 379 g/mol. The van der Waals surface area contributed by atoms with E-state index in [0.717, 1.165) is 0 Å². The molecular formula is C19H20Cl2N2O2. The van der Waals surface area contributed by atoms with Gasteiger partial charge in [0.2, 0.25) is 11.8 Å². The van der Waals surface area contributed by atoms with E-state index >= 15 is 0 Å². The van der Waals surface area contributed by atoms with Crippen LogP contribution in [0.25, 0.3) is 0 Å². The molecule has 0 heterocycles. The van der Waals surface area contributed by atoms with Gasteiger partial charge in [-0.25, -0.2) is 0 Å². The molecule has 0 spiro atoms. The third-order valence-electron chi connectivity index (χ3n) is 3.76. The van der Waals surface area contributed by atoms with Gasteiger partial charge in [-0.1, -0.05) is 49.2 Å². The third-order valence-corrected chi connectivity index (χ3v) is 4.32. The van der Waals surface area contributed by atoms with Crippen LogP contribution in [-0.2, 0) is 9.59 Å². The molecule has 4 nitrogen and oxygen atoms in total. The number of carbonyl (C=O) groups is 2. The Morgan fingerprint density at radius 3 is 2.28 bits per heavy atom. The van der Waals surface area contributed by atoms with Crippen molar-refractivity contribution in [1.29, 1.82) is 0 Å². The minimum absolute atomic E-state index is 0.112. The zero-order chi connectivity index (χ0) is 18.6. The van der Waals surface area contributed by atoms with Gasteiger partial charge in [0.05, 0.1) is 10.7 Å². The van der Waals surface area contributed by atoms with Gasteiger partial charge in [0.1, 0.15) is 6.54 Å². The first-order chi connectivity index (χ1) is 11.8. The summed E-state index contributed by atoms with van der Waals surface area (Å²) >= 11 is 12.0. The maximum Gasteiger partial charge on any atom is 0.244 e. The highest BCUT2D eigenvalue weighted by Gasteiger charge is 2.17. The molecule has 25 heavy (non-hydrogen) atoms. The molecule has 2 aromatic carbocycles.